The zero-order valence-corrected chi connectivity index (χ0v) is 12.3. The Morgan fingerprint density at radius 3 is 2.00 bits per heavy atom. The molecule has 1 aromatic carbocycles. The Morgan fingerprint density at radius 2 is 1.68 bits per heavy atom. The van der Waals surface area contributed by atoms with Crippen LogP contribution < -0.4 is 4.74 Å². The molecule has 0 radical (unpaired) electrons. The lowest BCUT2D eigenvalue weighted by atomic mass is 10.3. The van der Waals surface area contributed by atoms with E-state index >= 15 is 0 Å². The van der Waals surface area contributed by atoms with Gasteiger partial charge < -0.3 is 4.74 Å². The minimum absolute atomic E-state index is 0.229. The first-order valence-electron chi connectivity index (χ1n) is 4.24. The standard InChI is InChI=1S/C7H5BrN2O7S2/c1-17-4-2-3(10-9)6(18(11,12)13)7(5(4)8)19(14,15)16/h2H,1H3,(H-,11,12,13,14,15,16)/p+1. The smallest absolute Gasteiger partial charge is 0.411 e. The van der Waals surface area contributed by atoms with Crippen LogP contribution in [-0.2, 0) is 20.2 Å². The summed E-state index contributed by atoms with van der Waals surface area (Å²) in [5, 5.41) is 8.68. The van der Waals surface area contributed by atoms with E-state index in [0.717, 1.165) is 13.2 Å². The van der Waals surface area contributed by atoms with Crippen LogP contribution in [0.5, 0.6) is 5.75 Å². The second-order valence-corrected chi connectivity index (χ2v) is 6.63. The molecule has 1 rings (SSSR count). The second kappa shape index (κ2) is 5.02. The first kappa shape index (κ1) is 15.8. The largest absolute Gasteiger partial charge is 0.495 e. The number of hydrogen-bond acceptors (Lipinski definition) is 6. The lowest BCUT2D eigenvalue weighted by Crippen LogP contribution is -2.10. The molecular formula is C7H6BrN2O7S2+. The topological polar surface area (TPSA) is 146 Å². The molecular weight excluding hydrogens is 368 g/mol. The van der Waals surface area contributed by atoms with Gasteiger partial charge >= 0.3 is 15.8 Å². The Bertz CT molecular complexity index is 779. The van der Waals surface area contributed by atoms with E-state index in [0.29, 0.717) is 0 Å². The fourth-order valence-electron chi connectivity index (χ4n) is 1.28. The van der Waals surface area contributed by atoms with E-state index in [1.807, 2.05) is 0 Å². The molecule has 0 atom stereocenters. The van der Waals surface area contributed by atoms with E-state index in [4.69, 9.17) is 19.2 Å². The predicted molar refractivity (Wildman–Crippen MR) is 65.1 cm³/mol. The maximum absolute atomic E-state index is 11.2. The third-order valence-electron chi connectivity index (χ3n) is 1.97. The third kappa shape index (κ3) is 3.01. The predicted octanol–water partition coefficient (Wildman–Crippen LogP) is 1.44. The van der Waals surface area contributed by atoms with E-state index in [1.54, 1.807) is 0 Å². The highest BCUT2D eigenvalue weighted by Crippen LogP contribution is 2.42. The monoisotopic (exact) mass is 373 g/mol. The molecule has 12 heteroatoms. The van der Waals surface area contributed by atoms with Crippen molar-refractivity contribution < 1.29 is 30.7 Å². The second-order valence-electron chi connectivity index (χ2n) is 3.12. The van der Waals surface area contributed by atoms with E-state index < -0.39 is 40.2 Å². The Kier molecular flexibility index (Phi) is 4.17. The Morgan fingerprint density at radius 1 is 1.21 bits per heavy atom. The summed E-state index contributed by atoms with van der Waals surface area (Å²) < 4.78 is 67.1. The quantitative estimate of drug-likeness (QED) is 0.597. The van der Waals surface area contributed by atoms with Crippen molar-refractivity contribution in [3.05, 3.63) is 15.5 Å². The van der Waals surface area contributed by atoms with Crippen LogP contribution in [0.4, 0.5) is 5.69 Å². The van der Waals surface area contributed by atoms with Crippen molar-refractivity contribution in [2.24, 2.45) is 0 Å². The molecule has 0 unspecified atom stereocenters. The van der Waals surface area contributed by atoms with Crippen LogP contribution in [0.25, 0.3) is 4.98 Å². The van der Waals surface area contributed by atoms with Gasteiger partial charge in [0.2, 0.25) is 10.3 Å². The highest BCUT2D eigenvalue weighted by Gasteiger charge is 2.38. The van der Waals surface area contributed by atoms with Crippen molar-refractivity contribution in [3.8, 4) is 5.75 Å². The molecule has 0 heterocycles. The van der Waals surface area contributed by atoms with Gasteiger partial charge in [-0.1, -0.05) is 0 Å². The average molecular weight is 374 g/mol. The molecule has 0 aromatic heterocycles. The summed E-state index contributed by atoms with van der Waals surface area (Å²) in [5.41, 5.74) is -0.810. The molecule has 0 amide bonds. The van der Waals surface area contributed by atoms with Gasteiger partial charge in [-0.25, -0.2) is 0 Å². The fourth-order valence-corrected chi connectivity index (χ4v) is 4.50. The third-order valence-corrected chi connectivity index (χ3v) is 5.00. The first-order valence-corrected chi connectivity index (χ1v) is 7.92. The fraction of sp³-hybridized carbons (Fsp3) is 0.143. The molecule has 0 bridgehead atoms. The van der Waals surface area contributed by atoms with Crippen LogP contribution in [0, 0.1) is 5.39 Å². The molecule has 1 aromatic rings. The number of diazo groups is 1. The zero-order valence-electron chi connectivity index (χ0n) is 9.10. The number of hydrogen-bond donors (Lipinski definition) is 2. The summed E-state index contributed by atoms with van der Waals surface area (Å²) in [5.74, 6) is -0.229. The van der Waals surface area contributed by atoms with E-state index in [2.05, 4.69) is 20.9 Å². The number of nitrogens with zero attached hydrogens (tertiary/aromatic N) is 2. The average Bonchev–Trinajstić information content (AvgIpc) is 2.25. The Hall–Kier alpha value is -1.26. The van der Waals surface area contributed by atoms with Crippen LogP contribution in [0.15, 0.2) is 20.3 Å². The van der Waals surface area contributed by atoms with Crippen molar-refractivity contribution in [1.29, 1.82) is 5.39 Å². The van der Waals surface area contributed by atoms with E-state index in [1.165, 1.54) is 0 Å². The maximum Gasteiger partial charge on any atom is 0.411 e. The van der Waals surface area contributed by atoms with Crippen molar-refractivity contribution in [3.63, 3.8) is 0 Å². The molecule has 0 saturated carbocycles. The van der Waals surface area contributed by atoms with Crippen LogP contribution in [0.2, 0.25) is 0 Å². The summed E-state index contributed by atoms with van der Waals surface area (Å²) >= 11 is 2.72. The van der Waals surface area contributed by atoms with E-state index in [9.17, 15) is 16.8 Å². The van der Waals surface area contributed by atoms with Gasteiger partial charge in [-0.3, -0.25) is 9.11 Å². The van der Waals surface area contributed by atoms with Crippen LogP contribution in [0.1, 0.15) is 0 Å². The number of ether oxygens (including phenoxy) is 1. The van der Waals surface area contributed by atoms with Crippen molar-refractivity contribution in [1.82, 2.24) is 0 Å². The molecule has 0 aliphatic carbocycles. The highest BCUT2D eigenvalue weighted by atomic mass is 79.9. The number of benzene rings is 1. The number of rotatable bonds is 3. The van der Waals surface area contributed by atoms with E-state index in [-0.39, 0.29) is 5.75 Å². The molecule has 0 spiro atoms. The minimum atomic E-state index is -5.09. The summed E-state index contributed by atoms with van der Waals surface area (Å²) in [6, 6.07) is 0.849. The molecule has 9 nitrogen and oxygen atoms in total. The lowest BCUT2D eigenvalue weighted by molar-refractivity contribution is 0.408. The SMILES string of the molecule is COc1cc([N+]#N)c(S(=O)(=O)O)c(S(=O)(=O)O)c1Br. The van der Waals surface area contributed by atoms with Gasteiger partial charge in [-0.05, 0) is 15.9 Å². The first-order chi connectivity index (χ1) is 8.54. The summed E-state index contributed by atoms with van der Waals surface area (Å²) in [6.07, 6.45) is 0. The molecule has 0 aliphatic heterocycles. The van der Waals surface area contributed by atoms with Gasteiger partial charge in [0.1, 0.15) is 10.6 Å². The molecule has 104 valence electrons. The zero-order chi connectivity index (χ0) is 15.0. The summed E-state index contributed by atoms with van der Waals surface area (Å²) in [7, 11) is -9.01. The van der Waals surface area contributed by atoms with Crippen molar-refractivity contribution >= 4 is 41.9 Å². The van der Waals surface area contributed by atoms with Gasteiger partial charge in [0.05, 0.1) is 17.6 Å². The molecule has 0 fully saturated rings. The normalized spacial score (nSPS) is 11.9. The molecule has 19 heavy (non-hydrogen) atoms. The van der Waals surface area contributed by atoms with Crippen LogP contribution in [-0.4, -0.2) is 33.1 Å². The van der Waals surface area contributed by atoms with Gasteiger partial charge in [0, 0.05) is 0 Å². The van der Waals surface area contributed by atoms with Gasteiger partial charge in [0.15, 0.2) is 4.98 Å². The van der Waals surface area contributed by atoms with Gasteiger partial charge in [0.25, 0.3) is 10.1 Å². The summed E-state index contributed by atoms with van der Waals surface area (Å²) in [4.78, 5) is 0.0799. The lowest BCUT2D eigenvalue weighted by Gasteiger charge is -2.08. The van der Waals surface area contributed by atoms with Crippen molar-refractivity contribution in [2.45, 2.75) is 9.79 Å². The van der Waals surface area contributed by atoms with Crippen molar-refractivity contribution in [2.75, 3.05) is 7.11 Å². The van der Waals surface area contributed by atoms with Gasteiger partial charge in [-0.2, -0.15) is 16.8 Å². The van der Waals surface area contributed by atoms with Crippen LogP contribution >= 0.6 is 15.9 Å². The summed E-state index contributed by atoms with van der Waals surface area (Å²) in [6.45, 7) is 0. The highest BCUT2D eigenvalue weighted by molar-refractivity contribution is 9.10. The Labute approximate surface area is 116 Å². The Balaban J connectivity index is 4.13. The number of halogens is 1. The van der Waals surface area contributed by atoms with Gasteiger partial charge in [-0.15, -0.1) is 0 Å². The molecule has 0 aliphatic rings. The minimum Gasteiger partial charge on any atom is -0.495 e. The number of methoxy groups -OCH3 is 1. The molecule has 0 saturated heterocycles. The maximum atomic E-state index is 11.2. The van der Waals surface area contributed by atoms with Crippen LogP contribution in [0.3, 0.4) is 0 Å². The molecule has 2 N–H and O–H groups in total.